The van der Waals surface area contributed by atoms with Gasteiger partial charge in [0.2, 0.25) is 5.95 Å². The Morgan fingerprint density at radius 2 is 1.83 bits per heavy atom. The lowest BCUT2D eigenvalue weighted by Crippen LogP contribution is -2.22. The molecule has 1 saturated carbocycles. The van der Waals surface area contributed by atoms with Gasteiger partial charge in [0, 0.05) is 30.7 Å². The van der Waals surface area contributed by atoms with Crippen molar-refractivity contribution in [3.63, 3.8) is 0 Å². The van der Waals surface area contributed by atoms with E-state index >= 15 is 0 Å². The van der Waals surface area contributed by atoms with E-state index in [-0.39, 0.29) is 5.56 Å². The number of aryl methyl sites for hydroxylation is 1. The Bertz CT molecular complexity index is 1210. The van der Waals surface area contributed by atoms with Crippen molar-refractivity contribution in [2.45, 2.75) is 38.3 Å². The van der Waals surface area contributed by atoms with E-state index in [9.17, 15) is 4.79 Å². The summed E-state index contributed by atoms with van der Waals surface area (Å²) in [7, 11) is 0. The summed E-state index contributed by atoms with van der Waals surface area (Å²) in [6, 6.07) is 8.12. The molecule has 152 valence electrons. The Morgan fingerprint density at radius 3 is 2.60 bits per heavy atom. The minimum atomic E-state index is -0.0671. The number of pyridine rings is 1. The highest BCUT2D eigenvalue weighted by Gasteiger charge is 2.25. The van der Waals surface area contributed by atoms with Gasteiger partial charge in [0.15, 0.2) is 0 Å². The minimum absolute atomic E-state index is 0.0671. The number of nitrogens with one attached hydrogen (secondary N) is 2. The molecule has 5 rings (SSSR count). The summed E-state index contributed by atoms with van der Waals surface area (Å²) in [4.78, 5) is 21.4. The summed E-state index contributed by atoms with van der Waals surface area (Å²) in [5, 5.41) is 14.9. The summed E-state index contributed by atoms with van der Waals surface area (Å²) >= 11 is 0. The molecule has 0 saturated heterocycles. The number of rotatable bonds is 5. The molecule has 4 aromatic heterocycles. The van der Waals surface area contributed by atoms with E-state index in [1.165, 1.54) is 0 Å². The van der Waals surface area contributed by atoms with Crippen molar-refractivity contribution in [1.82, 2.24) is 29.1 Å². The molecule has 0 bridgehead atoms. The average molecular weight is 402 g/mol. The molecular formula is C21H22N8O. The van der Waals surface area contributed by atoms with Gasteiger partial charge >= 0.3 is 0 Å². The van der Waals surface area contributed by atoms with E-state index in [0.717, 1.165) is 36.5 Å². The Hall–Kier alpha value is -3.75. The number of hydrogen-bond donors (Lipinski definition) is 2. The zero-order chi connectivity index (χ0) is 20.5. The lowest BCUT2D eigenvalue weighted by Gasteiger charge is -2.15. The van der Waals surface area contributed by atoms with Gasteiger partial charge in [-0.3, -0.25) is 9.36 Å². The number of aromatic nitrogens is 6. The molecule has 0 aliphatic heterocycles. The lowest BCUT2D eigenvalue weighted by atomic mass is 10.2. The molecule has 0 aromatic carbocycles. The predicted octanol–water partition coefficient (Wildman–Crippen LogP) is 2.42. The highest BCUT2D eigenvalue weighted by molar-refractivity contribution is 5.48. The fraction of sp³-hybridized carbons (Fsp3) is 0.286. The maximum Gasteiger partial charge on any atom is 0.279 e. The first-order valence-corrected chi connectivity index (χ1v) is 10.00. The second-order valence-electron chi connectivity index (χ2n) is 7.59. The third-order valence-electron chi connectivity index (χ3n) is 5.41. The van der Waals surface area contributed by atoms with Gasteiger partial charge in [0.25, 0.3) is 5.56 Å². The van der Waals surface area contributed by atoms with Crippen LogP contribution in [0.3, 0.4) is 0 Å². The third-order valence-corrected chi connectivity index (χ3v) is 5.41. The molecule has 4 heterocycles. The first kappa shape index (κ1) is 18.3. The van der Waals surface area contributed by atoms with Crippen LogP contribution in [0.5, 0.6) is 0 Å². The summed E-state index contributed by atoms with van der Waals surface area (Å²) in [5.74, 6) is 1.37. The maximum absolute atomic E-state index is 12.6. The van der Waals surface area contributed by atoms with Crippen LogP contribution in [0, 0.1) is 6.92 Å². The van der Waals surface area contributed by atoms with Gasteiger partial charge in [0.1, 0.15) is 11.3 Å². The monoisotopic (exact) mass is 402 g/mol. The van der Waals surface area contributed by atoms with Crippen LogP contribution in [-0.4, -0.2) is 41.2 Å². The zero-order valence-electron chi connectivity index (χ0n) is 16.6. The number of fused-ring (bicyclic) bond motifs is 1. The molecule has 9 nitrogen and oxygen atoms in total. The van der Waals surface area contributed by atoms with E-state index in [0.29, 0.717) is 23.5 Å². The molecule has 1 aliphatic rings. The van der Waals surface area contributed by atoms with Gasteiger partial charge in [0.05, 0.1) is 23.8 Å². The SMILES string of the molecule is Cc1cnc(N[C@H]2CC[C@H](Nc3ccc(-n4ccn5cccc5c4=O)cn3)C2)nn1. The molecule has 2 atom stereocenters. The van der Waals surface area contributed by atoms with Crippen molar-refractivity contribution in [3.8, 4) is 5.69 Å². The lowest BCUT2D eigenvalue weighted by molar-refractivity contribution is 0.712. The fourth-order valence-corrected chi connectivity index (χ4v) is 3.89. The van der Waals surface area contributed by atoms with Crippen molar-refractivity contribution >= 4 is 17.3 Å². The molecule has 4 aromatic rings. The smallest absolute Gasteiger partial charge is 0.279 e. The molecule has 0 spiro atoms. The normalized spacial score (nSPS) is 18.6. The summed E-state index contributed by atoms with van der Waals surface area (Å²) in [5.41, 5.74) is 2.11. The van der Waals surface area contributed by atoms with E-state index in [1.807, 2.05) is 48.0 Å². The van der Waals surface area contributed by atoms with Crippen molar-refractivity contribution in [2.24, 2.45) is 0 Å². The standard InChI is InChI=1S/C21H22N8O/c1-14-12-23-21(27-26-14)25-16-5-4-15(11-16)24-19-7-6-17(13-22-19)29-10-9-28-8-2-3-18(28)20(29)30/h2-3,6-10,12-13,15-16H,4-5,11H2,1H3,(H,22,24)(H,23,25,27)/t15-,16-/m0/s1. The van der Waals surface area contributed by atoms with E-state index < -0.39 is 0 Å². The largest absolute Gasteiger partial charge is 0.367 e. The predicted molar refractivity (Wildman–Crippen MR) is 114 cm³/mol. The van der Waals surface area contributed by atoms with Crippen molar-refractivity contribution < 1.29 is 0 Å². The molecular weight excluding hydrogens is 380 g/mol. The highest BCUT2D eigenvalue weighted by atomic mass is 16.1. The Kier molecular flexibility index (Phi) is 4.62. The second kappa shape index (κ2) is 7.58. The summed E-state index contributed by atoms with van der Waals surface area (Å²) in [6.07, 6.45) is 11.9. The van der Waals surface area contributed by atoms with Crippen LogP contribution in [0.25, 0.3) is 11.2 Å². The number of nitrogens with zero attached hydrogens (tertiary/aromatic N) is 6. The van der Waals surface area contributed by atoms with Crippen LogP contribution >= 0.6 is 0 Å². The summed E-state index contributed by atoms with van der Waals surface area (Å²) in [6.45, 7) is 1.87. The van der Waals surface area contributed by atoms with Crippen molar-refractivity contribution in [3.05, 3.63) is 71.3 Å². The van der Waals surface area contributed by atoms with E-state index in [2.05, 4.69) is 30.8 Å². The third kappa shape index (κ3) is 3.61. The van der Waals surface area contributed by atoms with Crippen LogP contribution in [0.1, 0.15) is 25.0 Å². The molecule has 2 N–H and O–H groups in total. The van der Waals surface area contributed by atoms with Gasteiger partial charge in [-0.25, -0.2) is 9.97 Å². The molecule has 9 heteroatoms. The van der Waals surface area contributed by atoms with Gasteiger partial charge in [-0.2, -0.15) is 5.10 Å². The highest BCUT2D eigenvalue weighted by Crippen LogP contribution is 2.24. The Balaban J connectivity index is 1.23. The van der Waals surface area contributed by atoms with Crippen LogP contribution in [-0.2, 0) is 0 Å². The second-order valence-corrected chi connectivity index (χ2v) is 7.59. The van der Waals surface area contributed by atoms with Crippen LogP contribution in [0.4, 0.5) is 11.8 Å². The van der Waals surface area contributed by atoms with Crippen LogP contribution in [0.15, 0.2) is 60.0 Å². The summed E-state index contributed by atoms with van der Waals surface area (Å²) < 4.78 is 3.42. The Morgan fingerprint density at radius 1 is 0.967 bits per heavy atom. The maximum atomic E-state index is 12.6. The van der Waals surface area contributed by atoms with Crippen LogP contribution < -0.4 is 16.2 Å². The molecule has 0 radical (unpaired) electrons. The van der Waals surface area contributed by atoms with Crippen LogP contribution in [0.2, 0.25) is 0 Å². The molecule has 30 heavy (non-hydrogen) atoms. The molecule has 0 unspecified atom stereocenters. The van der Waals surface area contributed by atoms with Crippen molar-refractivity contribution in [1.29, 1.82) is 0 Å². The molecule has 1 aliphatic carbocycles. The number of anilines is 2. The van der Waals surface area contributed by atoms with Gasteiger partial charge in [-0.15, -0.1) is 5.10 Å². The van der Waals surface area contributed by atoms with E-state index in [1.54, 1.807) is 23.2 Å². The Labute approximate surface area is 172 Å². The zero-order valence-corrected chi connectivity index (χ0v) is 16.6. The molecule has 1 fully saturated rings. The van der Waals surface area contributed by atoms with E-state index in [4.69, 9.17) is 0 Å². The topological polar surface area (TPSA) is 102 Å². The number of hydrogen-bond acceptors (Lipinski definition) is 7. The van der Waals surface area contributed by atoms with Gasteiger partial charge < -0.3 is 15.0 Å². The first-order chi connectivity index (χ1) is 14.7. The minimum Gasteiger partial charge on any atom is -0.367 e. The fourth-order valence-electron chi connectivity index (χ4n) is 3.89. The quantitative estimate of drug-likeness (QED) is 0.528. The first-order valence-electron chi connectivity index (χ1n) is 10.00. The van der Waals surface area contributed by atoms with Gasteiger partial charge in [-0.1, -0.05) is 0 Å². The average Bonchev–Trinajstić information content (AvgIpc) is 3.41. The molecule has 0 amide bonds. The van der Waals surface area contributed by atoms with Crippen molar-refractivity contribution in [2.75, 3.05) is 10.6 Å². The van der Waals surface area contributed by atoms with Gasteiger partial charge in [-0.05, 0) is 50.5 Å².